The third kappa shape index (κ3) is 2.85. The van der Waals surface area contributed by atoms with Gasteiger partial charge < -0.3 is 4.74 Å². The number of esters is 1. The molecule has 0 heterocycles. The van der Waals surface area contributed by atoms with Crippen molar-refractivity contribution in [1.82, 2.24) is 5.73 Å². The molecule has 0 fully saturated rings. The van der Waals surface area contributed by atoms with Crippen LogP contribution in [0.3, 0.4) is 0 Å². The molecule has 0 saturated heterocycles. The SMILES string of the molecule is COC(=O)CCc1ccccc1C[NH]. The summed E-state index contributed by atoms with van der Waals surface area (Å²) in [6, 6.07) is 7.70. The van der Waals surface area contributed by atoms with Gasteiger partial charge in [-0.3, -0.25) is 10.5 Å². The predicted molar refractivity (Wildman–Crippen MR) is 53.6 cm³/mol. The molecule has 0 atom stereocenters. The Morgan fingerprint density at radius 1 is 1.36 bits per heavy atom. The maximum Gasteiger partial charge on any atom is 0.305 e. The number of hydrogen-bond donors (Lipinski definition) is 0. The van der Waals surface area contributed by atoms with E-state index in [2.05, 4.69) is 4.74 Å². The highest BCUT2D eigenvalue weighted by Crippen LogP contribution is 2.10. The molecule has 3 nitrogen and oxygen atoms in total. The first-order valence-corrected chi connectivity index (χ1v) is 4.56. The van der Waals surface area contributed by atoms with Crippen LogP contribution in [-0.2, 0) is 22.5 Å². The number of carbonyl (C=O) groups excluding carboxylic acids is 1. The molecule has 1 aromatic carbocycles. The molecule has 14 heavy (non-hydrogen) atoms. The fourth-order valence-electron chi connectivity index (χ4n) is 1.31. The minimum atomic E-state index is -0.204. The van der Waals surface area contributed by atoms with Crippen molar-refractivity contribution in [1.29, 1.82) is 0 Å². The number of benzene rings is 1. The van der Waals surface area contributed by atoms with E-state index in [0.717, 1.165) is 11.1 Å². The second kappa shape index (κ2) is 5.40. The van der Waals surface area contributed by atoms with Crippen molar-refractivity contribution < 1.29 is 9.53 Å². The molecule has 0 aliphatic rings. The summed E-state index contributed by atoms with van der Waals surface area (Å²) in [5.41, 5.74) is 9.34. The number of carbonyl (C=O) groups is 1. The van der Waals surface area contributed by atoms with Crippen LogP contribution in [0.5, 0.6) is 0 Å². The van der Waals surface area contributed by atoms with Crippen molar-refractivity contribution in [3.05, 3.63) is 35.4 Å². The molecule has 75 valence electrons. The molecule has 0 unspecified atom stereocenters. The molecule has 3 heteroatoms. The number of ether oxygens (including phenoxy) is 1. The fourth-order valence-corrected chi connectivity index (χ4v) is 1.31. The molecule has 0 saturated carbocycles. The number of aryl methyl sites for hydroxylation is 1. The van der Waals surface area contributed by atoms with E-state index in [9.17, 15) is 4.79 Å². The summed E-state index contributed by atoms with van der Waals surface area (Å²) >= 11 is 0. The summed E-state index contributed by atoms with van der Waals surface area (Å²) in [4.78, 5) is 10.9. The van der Waals surface area contributed by atoms with Gasteiger partial charge in [0.15, 0.2) is 0 Å². The molecule has 1 radical (unpaired) electrons. The van der Waals surface area contributed by atoms with Crippen LogP contribution in [0.25, 0.3) is 0 Å². The number of rotatable bonds is 4. The maximum atomic E-state index is 10.9. The Labute approximate surface area is 83.9 Å². The first kappa shape index (κ1) is 10.7. The summed E-state index contributed by atoms with van der Waals surface area (Å²) in [5, 5.41) is 0. The quantitative estimate of drug-likeness (QED) is 0.680. The van der Waals surface area contributed by atoms with Gasteiger partial charge in [-0.1, -0.05) is 24.3 Å². The highest BCUT2D eigenvalue weighted by molar-refractivity contribution is 5.69. The van der Waals surface area contributed by atoms with E-state index in [1.54, 1.807) is 0 Å². The van der Waals surface area contributed by atoms with Gasteiger partial charge in [0.1, 0.15) is 0 Å². The Hall–Kier alpha value is -1.35. The Morgan fingerprint density at radius 2 is 2.00 bits per heavy atom. The topological polar surface area (TPSA) is 50.1 Å². The number of hydrogen-bond acceptors (Lipinski definition) is 2. The van der Waals surface area contributed by atoms with E-state index >= 15 is 0 Å². The average Bonchev–Trinajstić information content (AvgIpc) is 2.26. The molecule has 0 aliphatic heterocycles. The minimum Gasteiger partial charge on any atom is -0.469 e. The van der Waals surface area contributed by atoms with Crippen molar-refractivity contribution in [2.24, 2.45) is 0 Å². The molecular weight excluding hydrogens is 178 g/mol. The second-order valence-corrected chi connectivity index (χ2v) is 3.02. The zero-order valence-electron chi connectivity index (χ0n) is 8.25. The largest absolute Gasteiger partial charge is 0.469 e. The molecule has 0 aliphatic carbocycles. The average molecular weight is 192 g/mol. The van der Waals surface area contributed by atoms with Gasteiger partial charge in [0.2, 0.25) is 0 Å². The third-order valence-electron chi connectivity index (χ3n) is 2.13. The van der Waals surface area contributed by atoms with Crippen LogP contribution in [0.2, 0.25) is 0 Å². The lowest BCUT2D eigenvalue weighted by atomic mass is 10.0. The van der Waals surface area contributed by atoms with Crippen LogP contribution >= 0.6 is 0 Å². The summed E-state index contributed by atoms with van der Waals surface area (Å²) in [5.74, 6) is -0.204. The van der Waals surface area contributed by atoms with Gasteiger partial charge in [-0.15, -0.1) is 0 Å². The molecule has 0 amide bonds. The third-order valence-corrected chi connectivity index (χ3v) is 2.13. The molecule has 1 rings (SSSR count). The Balaban J connectivity index is 2.61. The molecule has 1 N–H and O–H groups in total. The monoisotopic (exact) mass is 192 g/mol. The van der Waals surface area contributed by atoms with Gasteiger partial charge >= 0.3 is 5.97 Å². The smallest absolute Gasteiger partial charge is 0.305 e. The maximum absolute atomic E-state index is 10.9. The van der Waals surface area contributed by atoms with E-state index < -0.39 is 0 Å². The lowest BCUT2D eigenvalue weighted by Crippen LogP contribution is -2.03. The van der Waals surface area contributed by atoms with Crippen molar-refractivity contribution in [3.8, 4) is 0 Å². The van der Waals surface area contributed by atoms with Gasteiger partial charge in [-0.2, -0.15) is 0 Å². The standard InChI is InChI=1S/C11H14NO2/c1-14-11(13)7-6-9-4-2-3-5-10(9)8-12/h2-5,12H,6-8H2,1H3. The first-order valence-electron chi connectivity index (χ1n) is 4.56. The molecule has 0 spiro atoms. The molecule has 1 aromatic rings. The molecule has 0 bridgehead atoms. The number of methoxy groups -OCH3 is 1. The summed E-state index contributed by atoms with van der Waals surface area (Å²) < 4.78 is 4.56. The highest BCUT2D eigenvalue weighted by Gasteiger charge is 2.04. The van der Waals surface area contributed by atoms with Crippen molar-refractivity contribution in [2.45, 2.75) is 19.4 Å². The van der Waals surface area contributed by atoms with E-state index in [4.69, 9.17) is 5.73 Å². The zero-order chi connectivity index (χ0) is 10.4. The van der Waals surface area contributed by atoms with Gasteiger partial charge in [0, 0.05) is 13.0 Å². The van der Waals surface area contributed by atoms with E-state index in [1.807, 2.05) is 24.3 Å². The zero-order valence-corrected chi connectivity index (χ0v) is 8.25. The van der Waals surface area contributed by atoms with E-state index in [0.29, 0.717) is 12.8 Å². The van der Waals surface area contributed by atoms with Gasteiger partial charge in [-0.05, 0) is 17.5 Å². The molecular formula is C11H14NO2. The normalized spacial score (nSPS) is 9.86. The summed E-state index contributed by atoms with van der Waals surface area (Å²) in [7, 11) is 1.39. The van der Waals surface area contributed by atoms with Gasteiger partial charge in [0.25, 0.3) is 0 Å². The Morgan fingerprint density at radius 3 is 2.57 bits per heavy atom. The van der Waals surface area contributed by atoms with Crippen LogP contribution in [0.15, 0.2) is 24.3 Å². The van der Waals surface area contributed by atoms with Crippen LogP contribution < -0.4 is 5.73 Å². The second-order valence-electron chi connectivity index (χ2n) is 3.02. The van der Waals surface area contributed by atoms with Crippen LogP contribution in [0.1, 0.15) is 17.5 Å². The summed E-state index contributed by atoms with van der Waals surface area (Å²) in [6.07, 6.45) is 1.04. The van der Waals surface area contributed by atoms with Gasteiger partial charge in [-0.25, -0.2) is 0 Å². The van der Waals surface area contributed by atoms with Crippen molar-refractivity contribution >= 4 is 5.97 Å². The van der Waals surface area contributed by atoms with Crippen molar-refractivity contribution in [3.63, 3.8) is 0 Å². The lowest BCUT2D eigenvalue weighted by molar-refractivity contribution is -0.140. The first-order chi connectivity index (χ1) is 6.77. The lowest BCUT2D eigenvalue weighted by Gasteiger charge is -2.05. The summed E-state index contributed by atoms with van der Waals surface area (Å²) in [6.45, 7) is 0.261. The molecule has 0 aromatic heterocycles. The number of nitrogens with one attached hydrogen (secondary N) is 1. The Bertz CT molecular complexity index is 310. The van der Waals surface area contributed by atoms with Crippen molar-refractivity contribution in [2.75, 3.05) is 7.11 Å². The predicted octanol–water partition coefficient (Wildman–Crippen LogP) is 1.58. The van der Waals surface area contributed by atoms with E-state index in [1.165, 1.54) is 7.11 Å². The Kier molecular flexibility index (Phi) is 4.13. The van der Waals surface area contributed by atoms with E-state index in [-0.39, 0.29) is 12.5 Å². The van der Waals surface area contributed by atoms with Gasteiger partial charge in [0.05, 0.1) is 7.11 Å². The highest BCUT2D eigenvalue weighted by atomic mass is 16.5. The fraction of sp³-hybridized carbons (Fsp3) is 0.364. The van der Waals surface area contributed by atoms with Crippen LogP contribution in [-0.4, -0.2) is 13.1 Å². The minimum absolute atomic E-state index is 0.204. The van der Waals surface area contributed by atoms with Crippen LogP contribution in [0, 0.1) is 0 Å². The van der Waals surface area contributed by atoms with Crippen LogP contribution in [0.4, 0.5) is 0 Å².